The summed E-state index contributed by atoms with van der Waals surface area (Å²) in [5.41, 5.74) is 1.16. The molecule has 1 N–H and O–H groups in total. The van der Waals surface area contributed by atoms with Crippen molar-refractivity contribution in [2.24, 2.45) is 0 Å². The molecule has 3 nitrogen and oxygen atoms in total. The molecule has 0 saturated carbocycles. The van der Waals surface area contributed by atoms with Crippen LogP contribution in [0.4, 0.5) is 5.69 Å². The van der Waals surface area contributed by atoms with Gasteiger partial charge in [-0.1, -0.05) is 45.2 Å². The van der Waals surface area contributed by atoms with Gasteiger partial charge in [-0.25, -0.2) is 4.79 Å². The molecule has 1 aromatic carbocycles. The number of halogens is 3. The molecule has 0 unspecified atom stereocenters. The second-order valence-electron chi connectivity index (χ2n) is 3.50. The highest BCUT2D eigenvalue weighted by Crippen LogP contribution is 2.33. The van der Waals surface area contributed by atoms with E-state index in [0.29, 0.717) is 27.9 Å². The van der Waals surface area contributed by atoms with Crippen molar-refractivity contribution in [3.8, 4) is 0 Å². The van der Waals surface area contributed by atoms with Crippen LogP contribution in [0.1, 0.15) is 6.92 Å². The molecule has 0 bridgehead atoms. The number of rotatable bonds is 4. The first-order chi connectivity index (χ1) is 8.45. The highest BCUT2D eigenvalue weighted by Gasteiger charge is 2.07. The summed E-state index contributed by atoms with van der Waals surface area (Å²) < 4.78 is 5.39. The molecule has 0 fully saturated rings. The Morgan fingerprint density at radius 3 is 2.50 bits per heavy atom. The predicted molar refractivity (Wildman–Crippen MR) is 78.4 cm³/mol. The molecule has 0 spiro atoms. The van der Waals surface area contributed by atoms with Crippen molar-refractivity contribution >= 4 is 50.8 Å². The van der Waals surface area contributed by atoms with E-state index in [9.17, 15) is 4.79 Å². The van der Waals surface area contributed by atoms with Crippen LogP contribution in [-0.2, 0) is 9.53 Å². The fourth-order valence-electron chi connectivity index (χ4n) is 1.26. The zero-order chi connectivity index (χ0) is 13.7. The molecule has 6 heteroatoms. The Labute approximate surface area is 124 Å². The van der Waals surface area contributed by atoms with Crippen LogP contribution in [0.25, 0.3) is 0 Å². The van der Waals surface area contributed by atoms with Crippen LogP contribution < -0.4 is 5.32 Å². The number of benzene rings is 1. The average molecular weight is 353 g/mol. The van der Waals surface area contributed by atoms with E-state index in [1.54, 1.807) is 25.1 Å². The van der Waals surface area contributed by atoms with Crippen molar-refractivity contribution in [1.29, 1.82) is 0 Å². The molecule has 0 aliphatic heterocycles. The van der Waals surface area contributed by atoms with Gasteiger partial charge in [0.05, 0.1) is 22.8 Å². The number of methoxy groups -OCH3 is 1. The molecule has 0 aromatic heterocycles. The van der Waals surface area contributed by atoms with E-state index in [2.05, 4.69) is 26.0 Å². The van der Waals surface area contributed by atoms with E-state index < -0.39 is 0 Å². The summed E-state index contributed by atoms with van der Waals surface area (Å²) in [7, 11) is 1.34. The molecule has 1 aromatic rings. The van der Waals surface area contributed by atoms with Crippen LogP contribution in [0.2, 0.25) is 10.0 Å². The molecule has 0 aliphatic carbocycles. The molecular formula is C12H12BrCl2NO2. The smallest absolute Gasteiger partial charge is 0.333 e. The number of carbonyl (C=O) groups excluding carboxylic acids is 1. The molecule has 0 aliphatic rings. The van der Waals surface area contributed by atoms with Crippen molar-refractivity contribution in [2.75, 3.05) is 19.0 Å². The normalized spacial score (nSPS) is 11.3. The molecule has 0 saturated heterocycles. The summed E-state index contributed by atoms with van der Waals surface area (Å²) >= 11 is 15.4. The first-order valence-electron chi connectivity index (χ1n) is 5.09. The van der Waals surface area contributed by atoms with E-state index in [1.807, 2.05) is 0 Å². The minimum absolute atomic E-state index is 0.357. The van der Waals surface area contributed by atoms with Crippen LogP contribution in [-0.4, -0.2) is 19.6 Å². The standard InChI is InChI=1S/C12H12BrCl2NO2/c1-7(12(17)18-2)3-4-16-11-9(14)5-8(13)6-10(11)15/h3,5-6,16H,4H2,1-2H3. The Bertz CT molecular complexity index is 466. The Kier molecular flexibility index (Phi) is 5.99. The summed E-state index contributed by atoms with van der Waals surface area (Å²) in [4.78, 5) is 11.2. The number of carbonyl (C=O) groups is 1. The van der Waals surface area contributed by atoms with Crippen molar-refractivity contribution in [1.82, 2.24) is 0 Å². The minimum atomic E-state index is -0.357. The van der Waals surface area contributed by atoms with Gasteiger partial charge in [-0.15, -0.1) is 0 Å². The summed E-state index contributed by atoms with van der Waals surface area (Å²) in [5.74, 6) is -0.357. The molecule has 98 valence electrons. The monoisotopic (exact) mass is 351 g/mol. The van der Waals surface area contributed by atoms with Gasteiger partial charge in [0.1, 0.15) is 0 Å². The Morgan fingerprint density at radius 2 is 2.00 bits per heavy atom. The Balaban J connectivity index is 2.73. The summed E-state index contributed by atoms with van der Waals surface area (Å²) in [5, 5.41) is 4.07. The maximum atomic E-state index is 11.2. The van der Waals surface area contributed by atoms with Gasteiger partial charge in [-0.3, -0.25) is 0 Å². The average Bonchev–Trinajstić information content (AvgIpc) is 2.31. The zero-order valence-corrected chi connectivity index (χ0v) is 13.0. The fourth-order valence-corrected chi connectivity index (χ4v) is 2.60. The molecule has 0 radical (unpaired) electrons. The largest absolute Gasteiger partial charge is 0.466 e. The lowest BCUT2D eigenvalue weighted by molar-refractivity contribution is -0.136. The number of hydrogen-bond acceptors (Lipinski definition) is 3. The quantitative estimate of drug-likeness (QED) is 0.649. The van der Waals surface area contributed by atoms with Gasteiger partial charge in [0.25, 0.3) is 0 Å². The molecule has 0 amide bonds. The minimum Gasteiger partial charge on any atom is -0.466 e. The lowest BCUT2D eigenvalue weighted by atomic mass is 10.2. The molecule has 18 heavy (non-hydrogen) atoms. The van der Waals surface area contributed by atoms with Crippen LogP contribution in [0.3, 0.4) is 0 Å². The SMILES string of the molecule is COC(=O)C(C)=CCNc1c(Cl)cc(Br)cc1Cl. The maximum Gasteiger partial charge on any atom is 0.333 e. The third kappa shape index (κ3) is 4.19. The van der Waals surface area contributed by atoms with E-state index >= 15 is 0 Å². The van der Waals surface area contributed by atoms with Gasteiger partial charge in [-0.05, 0) is 19.1 Å². The third-order valence-electron chi connectivity index (χ3n) is 2.20. The van der Waals surface area contributed by atoms with E-state index in [0.717, 1.165) is 4.47 Å². The van der Waals surface area contributed by atoms with Crippen molar-refractivity contribution in [3.63, 3.8) is 0 Å². The Hall–Kier alpha value is -0.710. The van der Waals surface area contributed by atoms with Crippen molar-refractivity contribution in [2.45, 2.75) is 6.92 Å². The van der Waals surface area contributed by atoms with Gasteiger partial charge in [0, 0.05) is 16.6 Å². The molecule has 0 heterocycles. The predicted octanol–water partition coefficient (Wildman–Crippen LogP) is 4.29. The van der Waals surface area contributed by atoms with Gasteiger partial charge in [0.2, 0.25) is 0 Å². The van der Waals surface area contributed by atoms with Crippen molar-refractivity contribution in [3.05, 3.63) is 38.3 Å². The zero-order valence-electron chi connectivity index (χ0n) is 9.89. The maximum absolute atomic E-state index is 11.2. The number of hydrogen-bond donors (Lipinski definition) is 1. The number of ether oxygens (including phenoxy) is 1. The fraction of sp³-hybridized carbons (Fsp3) is 0.250. The van der Waals surface area contributed by atoms with Crippen LogP contribution in [0.5, 0.6) is 0 Å². The van der Waals surface area contributed by atoms with E-state index in [-0.39, 0.29) is 5.97 Å². The molecule has 1 rings (SSSR count). The first-order valence-corrected chi connectivity index (χ1v) is 6.64. The lowest BCUT2D eigenvalue weighted by Gasteiger charge is -2.09. The lowest BCUT2D eigenvalue weighted by Crippen LogP contribution is -2.06. The second-order valence-corrected chi connectivity index (χ2v) is 5.23. The second kappa shape index (κ2) is 7.02. The van der Waals surface area contributed by atoms with Gasteiger partial charge < -0.3 is 10.1 Å². The van der Waals surface area contributed by atoms with Gasteiger partial charge in [0.15, 0.2) is 0 Å². The van der Waals surface area contributed by atoms with E-state index in [1.165, 1.54) is 7.11 Å². The summed E-state index contributed by atoms with van der Waals surface area (Å²) in [6.45, 7) is 2.11. The number of esters is 1. The van der Waals surface area contributed by atoms with Crippen LogP contribution >= 0.6 is 39.1 Å². The van der Waals surface area contributed by atoms with Crippen LogP contribution in [0.15, 0.2) is 28.3 Å². The molecule has 0 atom stereocenters. The Morgan fingerprint density at radius 1 is 1.44 bits per heavy atom. The number of nitrogens with one attached hydrogen (secondary N) is 1. The van der Waals surface area contributed by atoms with E-state index in [4.69, 9.17) is 23.2 Å². The summed E-state index contributed by atoms with van der Waals surface area (Å²) in [6, 6.07) is 3.49. The third-order valence-corrected chi connectivity index (χ3v) is 3.26. The van der Waals surface area contributed by atoms with Gasteiger partial charge in [-0.2, -0.15) is 0 Å². The summed E-state index contributed by atoms with van der Waals surface area (Å²) in [6.07, 6.45) is 1.71. The van der Waals surface area contributed by atoms with Gasteiger partial charge >= 0.3 is 5.97 Å². The van der Waals surface area contributed by atoms with Crippen LogP contribution in [0, 0.1) is 0 Å². The van der Waals surface area contributed by atoms with Crippen molar-refractivity contribution < 1.29 is 9.53 Å². The topological polar surface area (TPSA) is 38.3 Å². The number of anilines is 1. The highest BCUT2D eigenvalue weighted by atomic mass is 79.9. The first kappa shape index (κ1) is 15.3. The molecular weight excluding hydrogens is 341 g/mol. The highest BCUT2D eigenvalue weighted by molar-refractivity contribution is 9.10.